The molecule has 168 valence electrons. The molecule has 6 heteroatoms. The summed E-state index contributed by atoms with van der Waals surface area (Å²) in [5.74, 6) is -0.970. The monoisotopic (exact) mass is 442 g/mol. The molecule has 0 atom stereocenters. The highest BCUT2D eigenvalue weighted by Gasteiger charge is 2.31. The van der Waals surface area contributed by atoms with Crippen LogP contribution in [0.1, 0.15) is 29.5 Å². The number of phenols is 1. The number of aliphatic carboxylic acids is 1. The van der Waals surface area contributed by atoms with Crippen molar-refractivity contribution in [2.75, 3.05) is 16.8 Å². The number of nitrogens with zero attached hydrogens (tertiary/aromatic N) is 1. The molecule has 33 heavy (non-hydrogen) atoms. The van der Waals surface area contributed by atoms with Crippen LogP contribution in [0.25, 0.3) is 16.7 Å². The smallest absolute Gasteiger partial charge is 0.303 e. The maximum absolute atomic E-state index is 13.1. The molecule has 0 unspecified atom stereocenters. The molecule has 0 saturated carbocycles. The maximum Gasteiger partial charge on any atom is 0.303 e. The number of anilines is 2. The third-order valence-electron chi connectivity index (χ3n) is 5.67. The van der Waals surface area contributed by atoms with Gasteiger partial charge in [0.1, 0.15) is 5.75 Å². The van der Waals surface area contributed by atoms with Gasteiger partial charge in [0, 0.05) is 30.3 Å². The van der Waals surface area contributed by atoms with Gasteiger partial charge in [-0.15, -0.1) is 0 Å². The van der Waals surface area contributed by atoms with Crippen LogP contribution in [0.2, 0.25) is 0 Å². The fourth-order valence-corrected chi connectivity index (χ4v) is 4.23. The molecule has 3 aromatic carbocycles. The van der Waals surface area contributed by atoms with E-state index in [0.29, 0.717) is 29.8 Å². The Kier molecular flexibility index (Phi) is 6.18. The molecule has 0 radical (unpaired) electrons. The van der Waals surface area contributed by atoms with Crippen LogP contribution in [0, 0.1) is 13.8 Å². The van der Waals surface area contributed by atoms with Crippen molar-refractivity contribution in [3.05, 3.63) is 83.6 Å². The number of benzene rings is 3. The molecule has 0 spiro atoms. The third kappa shape index (κ3) is 4.60. The Labute approximate surface area is 192 Å². The minimum absolute atomic E-state index is 0.00233. The fourth-order valence-electron chi connectivity index (χ4n) is 4.23. The molecule has 1 heterocycles. The van der Waals surface area contributed by atoms with Crippen LogP contribution in [0.5, 0.6) is 5.75 Å². The number of aryl methyl sites for hydroxylation is 2. The molecule has 1 amide bonds. The number of hydrogen-bond donors (Lipinski definition) is 3. The first kappa shape index (κ1) is 22.1. The number of phenolic OH excluding ortho intramolecular Hbond substituents is 1. The van der Waals surface area contributed by atoms with E-state index in [4.69, 9.17) is 5.11 Å². The standard InChI is InChI=1S/C27H26N2O4/c1-17-13-18(2)15-19(14-17)20-8-5-9-23(26(20)32)28-16-22-21-7-3-4-10-24(21)29(27(22)33)12-6-11-25(30)31/h3-5,7-10,13-16,28,32H,6,11-12H2,1-2H3,(H,30,31)/b22-16-. The predicted octanol–water partition coefficient (Wildman–Crippen LogP) is 5.34. The maximum atomic E-state index is 13.1. The van der Waals surface area contributed by atoms with Crippen LogP contribution in [0.15, 0.2) is 66.9 Å². The normalized spacial score (nSPS) is 13.9. The number of aromatic hydroxyl groups is 1. The summed E-state index contributed by atoms with van der Waals surface area (Å²) >= 11 is 0. The molecule has 4 rings (SSSR count). The minimum atomic E-state index is -0.883. The Balaban J connectivity index is 1.63. The lowest BCUT2D eigenvalue weighted by Gasteiger charge is -2.16. The summed E-state index contributed by atoms with van der Waals surface area (Å²) in [6, 6.07) is 19.0. The van der Waals surface area contributed by atoms with Crippen molar-refractivity contribution in [1.82, 2.24) is 0 Å². The van der Waals surface area contributed by atoms with Crippen LogP contribution >= 0.6 is 0 Å². The summed E-state index contributed by atoms with van der Waals surface area (Å²) in [6.07, 6.45) is 1.98. The van der Waals surface area contributed by atoms with E-state index < -0.39 is 5.97 Å². The van der Waals surface area contributed by atoms with E-state index in [9.17, 15) is 14.7 Å². The molecule has 1 aliphatic rings. The van der Waals surface area contributed by atoms with Crippen LogP contribution in [0.4, 0.5) is 11.4 Å². The molecule has 3 aromatic rings. The van der Waals surface area contributed by atoms with Gasteiger partial charge in [0.2, 0.25) is 0 Å². The van der Waals surface area contributed by atoms with Crippen LogP contribution in [-0.2, 0) is 9.59 Å². The zero-order chi connectivity index (χ0) is 23.5. The van der Waals surface area contributed by atoms with Gasteiger partial charge in [0.15, 0.2) is 0 Å². The summed E-state index contributed by atoms with van der Waals surface area (Å²) in [7, 11) is 0. The van der Waals surface area contributed by atoms with E-state index in [0.717, 1.165) is 27.9 Å². The van der Waals surface area contributed by atoms with Crippen molar-refractivity contribution in [1.29, 1.82) is 0 Å². The number of amides is 1. The number of carboxylic acids is 1. The second-order valence-electron chi connectivity index (χ2n) is 8.25. The van der Waals surface area contributed by atoms with Crippen molar-refractivity contribution >= 4 is 28.8 Å². The first-order chi connectivity index (χ1) is 15.8. The van der Waals surface area contributed by atoms with Gasteiger partial charge in [-0.1, -0.05) is 59.7 Å². The Morgan fingerprint density at radius 3 is 2.42 bits per heavy atom. The van der Waals surface area contributed by atoms with E-state index in [1.807, 2.05) is 62.4 Å². The van der Waals surface area contributed by atoms with Gasteiger partial charge in [0.25, 0.3) is 5.91 Å². The number of carboxylic acid groups (broad SMARTS) is 1. The first-order valence-corrected chi connectivity index (χ1v) is 10.9. The molecule has 0 bridgehead atoms. The zero-order valence-electron chi connectivity index (χ0n) is 18.6. The number of carbonyl (C=O) groups is 2. The van der Waals surface area contributed by atoms with Gasteiger partial charge in [-0.25, -0.2) is 0 Å². The quantitative estimate of drug-likeness (QED) is 0.339. The number of carbonyl (C=O) groups excluding carboxylic acids is 1. The third-order valence-corrected chi connectivity index (χ3v) is 5.67. The molecular formula is C27H26N2O4. The van der Waals surface area contributed by atoms with E-state index in [-0.39, 0.29) is 18.1 Å². The summed E-state index contributed by atoms with van der Waals surface area (Å²) in [5.41, 5.74) is 6.35. The number of nitrogens with one attached hydrogen (secondary N) is 1. The van der Waals surface area contributed by atoms with Gasteiger partial charge < -0.3 is 20.4 Å². The van der Waals surface area contributed by atoms with E-state index in [1.54, 1.807) is 17.2 Å². The summed E-state index contributed by atoms with van der Waals surface area (Å²) in [4.78, 5) is 25.6. The largest absolute Gasteiger partial charge is 0.505 e. The summed E-state index contributed by atoms with van der Waals surface area (Å²) in [6.45, 7) is 4.36. The average molecular weight is 443 g/mol. The predicted molar refractivity (Wildman–Crippen MR) is 130 cm³/mol. The lowest BCUT2D eigenvalue weighted by Crippen LogP contribution is -2.28. The second kappa shape index (κ2) is 9.20. The van der Waals surface area contributed by atoms with E-state index in [2.05, 4.69) is 11.4 Å². The lowest BCUT2D eigenvalue weighted by atomic mass is 9.99. The Bertz CT molecular complexity index is 1240. The van der Waals surface area contributed by atoms with Crippen molar-refractivity contribution in [3.63, 3.8) is 0 Å². The molecule has 0 aromatic heterocycles. The number of rotatable bonds is 7. The second-order valence-corrected chi connectivity index (χ2v) is 8.25. The highest BCUT2D eigenvalue weighted by atomic mass is 16.4. The van der Waals surface area contributed by atoms with Gasteiger partial charge in [0.05, 0.1) is 16.9 Å². The molecule has 6 nitrogen and oxygen atoms in total. The molecular weight excluding hydrogens is 416 g/mol. The van der Waals surface area contributed by atoms with E-state index in [1.165, 1.54) is 0 Å². The summed E-state index contributed by atoms with van der Waals surface area (Å²) in [5, 5.41) is 23.0. The van der Waals surface area contributed by atoms with Crippen LogP contribution in [-0.4, -0.2) is 28.6 Å². The number of fused-ring (bicyclic) bond motifs is 1. The molecule has 0 fully saturated rings. The molecule has 0 aliphatic carbocycles. The fraction of sp³-hybridized carbons (Fsp3) is 0.185. The number of para-hydroxylation sites is 2. The average Bonchev–Trinajstić information content (AvgIpc) is 3.03. The molecule has 0 saturated heterocycles. The molecule has 3 N–H and O–H groups in total. The minimum Gasteiger partial charge on any atom is -0.505 e. The SMILES string of the molecule is Cc1cc(C)cc(-c2cccc(N/C=C3\C(=O)N(CCCC(=O)O)c4ccccc43)c2O)c1. The van der Waals surface area contributed by atoms with E-state index >= 15 is 0 Å². The van der Waals surface area contributed by atoms with Gasteiger partial charge >= 0.3 is 5.97 Å². The summed E-state index contributed by atoms with van der Waals surface area (Å²) < 4.78 is 0. The Morgan fingerprint density at radius 2 is 1.70 bits per heavy atom. The van der Waals surface area contributed by atoms with Crippen LogP contribution < -0.4 is 10.2 Å². The van der Waals surface area contributed by atoms with Gasteiger partial charge in [-0.2, -0.15) is 0 Å². The lowest BCUT2D eigenvalue weighted by molar-refractivity contribution is -0.137. The van der Waals surface area contributed by atoms with Crippen molar-refractivity contribution in [3.8, 4) is 16.9 Å². The van der Waals surface area contributed by atoms with Crippen LogP contribution in [0.3, 0.4) is 0 Å². The number of hydrogen-bond acceptors (Lipinski definition) is 4. The zero-order valence-corrected chi connectivity index (χ0v) is 18.6. The molecule has 1 aliphatic heterocycles. The highest BCUT2D eigenvalue weighted by Crippen LogP contribution is 2.39. The first-order valence-electron chi connectivity index (χ1n) is 10.9. The van der Waals surface area contributed by atoms with Gasteiger partial charge in [-0.05, 0) is 38.0 Å². The van der Waals surface area contributed by atoms with Crippen molar-refractivity contribution in [2.45, 2.75) is 26.7 Å². The van der Waals surface area contributed by atoms with Crippen molar-refractivity contribution < 1.29 is 19.8 Å². The Morgan fingerprint density at radius 1 is 1.00 bits per heavy atom. The Hall–Kier alpha value is -4.06. The van der Waals surface area contributed by atoms with Crippen molar-refractivity contribution in [2.24, 2.45) is 0 Å². The highest BCUT2D eigenvalue weighted by molar-refractivity contribution is 6.32. The van der Waals surface area contributed by atoms with Gasteiger partial charge in [-0.3, -0.25) is 9.59 Å². The topological polar surface area (TPSA) is 89.9 Å².